The third-order valence-electron chi connectivity index (χ3n) is 2.99. The van der Waals surface area contributed by atoms with E-state index in [4.69, 9.17) is 9.84 Å². The van der Waals surface area contributed by atoms with Crippen molar-refractivity contribution in [3.63, 3.8) is 0 Å². The summed E-state index contributed by atoms with van der Waals surface area (Å²) in [5.41, 5.74) is 1.31. The maximum absolute atomic E-state index is 9.16. The number of benzene rings is 1. The smallest absolute Gasteiger partial charge is 0.118 e. The van der Waals surface area contributed by atoms with Crippen molar-refractivity contribution in [1.29, 1.82) is 0 Å². The molecule has 0 bridgehead atoms. The highest BCUT2D eigenvalue weighted by molar-refractivity contribution is 5.27. The molecule has 0 heterocycles. The van der Waals surface area contributed by atoms with Gasteiger partial charge in [-0.05, 0) is 57.4 Å². The Morgan fingerprint density at radius 2 is 1.89 bits per heavy atom. The first-order valence-corrected chi connectivity index (χ1v) is 6.66. The minimum atomic E-state index is -0.191. The minimum absolute atomic E-state index is 0.191. The van der Waals surface area contributed by atoms with E-state index in [9.17, 15) is 0 Å². The Labute approximate surface area is 110 Å². The van der Waals surface area contributed by atoms with Gasteiger partial charge in [0.05, 0.1) is 13.2 Å². The highest BCUT2D eigenvalue weighted by Gasteiger charge is 2.03. The average Bonchev–Trinajstić information content (AvgIpc) is 2.35. The molecule has 2 N–H and O–H groups in total. The Bertz CT molecular complexity index is 322. The minimum Gasteiger partial charge on any atom is -0.497 e. The van der Waals surface area contributed by atoms with E-state index in [2.05, 4.69) is 24.4 Å². The molecule has 0 fully saturated rings. The zero-order chi connectivity index (χ0) is 13.4. The van der Waals surface area contributed by atoms with Crippen molar-refractivity contribution >= 4 is 0 Å². The van der Waals surface area contributed by atoms with Gasteiger partial charge in [0.15, 0.2) is 0 Å². The number of nitrogens with one attached hydrogen (secondary N) is 1. The molecule has 2 unspecified atom stereocenters. The van der Waals surface area contributed by atoms with E-state index in [1.54, 1.807) is 7.11 Å². The molecule has 0 aliphatic heterocycles. The molecule has 0 spiro atoms. The number of hydrogen-bond donors (Lipinski definition) is 2. The van der Waals surface area contributed by atoms with Crippen molar-refractivity contribution in [2.45, 2.75) is 45.3 Å². The van der Waals surface area contributed by atoms with Crippen molar-refractivity contribution in [2.75, 3.05) is 13.7 Å². The summed E-state index contributed by atoms with van der Waals surface area (Å²) in [5.74, 6) is 0.899. The summed E-state index contributed by atoms with van der Waals surface area (Å²) in [7, 11) is 1.68. The third kappa shape index (κ3) is 6.03. The van der Waals surface area contributed by atoms with Gasteiger partial charge in [-0.1, -0.05) is 12.1 Å². The zero-order valence-corrected chi connectivity index (χ0v) is 11.6. The quantitative estimate of drug-likeness (QED) is 0.697. The SMILES string of the molecule is COc1ccc(CC(C)NCCCC(C)O)cc1. The van der Waals surface area contributed by atoms with Crippen LogP contribution >= 0.6 is 0 Å². The maximum Gasteiger partial charge on any atom is 0.118 e. The topological polar surface area (TPSA) is 41.5 Å². The van der Waals surface area contributed by atoms with E-state index in [1.165, 1.54) is 5.56 Å². The van der Waals surface area contributed by atoms with E-state index in [0.717, 1.165) is 31.6 Å². The van der Waals surface area contributed by atoms with Crippen LogP contribution < -0.4 is 10.1 Å². The lowest BCUT2D eigenvalue weighted by atomic mass is 10.1. The molecule has 3 heteroatoms. The second kappa shape index (κ2) is 8.11. The number of methoxy groups -OCH3 is 1. The molecule has 0 aliphatic carbocycles. The molecule has 0 aromatic heterocycles. The number of ether oxygens (including phenoxy) is 1. The van der Waals surface area contributed by atoms with E-state index in [-0.39, 0.29) is 6.10 Å². The van der Waals surface area contributed by atoms with Crippen molar-refractivity contribution < 1.29 is 9.84 Å². The van der Waals surface area contributed by atoms with Crippen LogP contribution in [0.1, 0.15) is 32.3 Å². The molecule has 0 saturated heterocycles. The number of hydrogen-bond acceptors (Lipinski definition) is 3. The molecule has 1 aromatic rings. The number of rotatable bonds is 8. The van der Waals surface area contributed by atoms with Crippen LogP contribution in [-0.4, -0.2) is 30.9 Å². The average molecular weight is 251 g/mol. The van der Waals surface area contributed by atoms with Gasteiger partial charge in [0.2, 0.25) is 0 Å². The molecule has 0 aliphatic rings. The zero-order valence-electron chi connectivity index (χ0n) is 11.6. The van der Waals surface area contributed by atoms with Crippen molar-refractivity contribution in [3.8, 4) is 5.75 Å². The third-order valence-corrected chi connectivity index (χ3v) is 2.99. The van der Waals surface area contributed by atoms with Crippen LogP contribution in [0.3, 0.4) is 0 Å². The Hall–Kier alpha value is -1.06. The van der Waals surface area contributed by atoms with Gasteiger partial charge in [-0.15, -0.1) is 0 Å². The first kappa shape index (κ1) is 15.0. The van der Waals surface area contributed by atoms with Gasteiger partial charge in [0.25, 0.3) is 0 Å². The molecular formula is C15H25NO2. The molecule has 1 rings (SSSR count). The van der Waals surface area contributed by atoms with Crippen molar-refractivity contribution in [1.82, 2.24) is 5.32 Å². The normalized spacial score (nSPS) is 14.2. The second-order valence-electron chi connectivity index (χ2n) is 4.90. The van der Waals surface area contributed by atoms with Crippen LogP contribution in [0.2, 0.25) is 0 Å². The lowest BCUT2D eigenvalue weighted by Gasteiger charge is -2.14. The predicted octanol–water partition coefficient (Wildman–Crippen LogP) is 2.38. The Morgan fingerprint density at radius 3 is 2.44 bits per heavy atom. The number of aliphatic hydroxyl groups excluding tert-OH is 1. The van der Waals surface area contributed by atoms with Gasteiger partial charge in [-0.2, -0.15) is 0 Å². The van der Waals surface area contributed by atoms with Gasteiger partial charge >= 0.3 is 0 Å². The highest BCUT2D eigenvalue weighted by Crippen LogP contribution is 2.12. The molecular weight excluding hydrogens is 226 g/mol. The molecule has 0 amide bonds. The van der Waals surface area contributed by atoms with E-state index >= 15 is 0 Å². The fraction of sp³-hybridized carbons (Fsp3) is 0.600. The Balaban J connectivity index is 2.24. The van der Waals surface area contributed by atoms with E-state index in [1.807, 2.05) is 19.1 Å². The predicted molar refractivity (Wildman–Crippen MR) is 75.1 cm³/mol. The summed E-state index contributed by atoms with van der Waals surface area (Å²) in [6.07, 6.45) is 2.70. The summed E-state index contributed by atoms with van der Waals surface area (Å²) in [5, 5.41) is 12.6. The molecule has 18 heavy (non-hydrogen) atoms. The monoisotopic (exact) mass is 251 g/mol. The Kier molecular flexibility index (Phi) is 6.76. The Morgan fingerprint density at radius 1 is 1.22 bits per heavy atom. The summed E-state index contributed by atoms with van der Waals surface area (Å²) >= 11 is 0. The molecule has 0 saturated carbocycles. The number of aliphatic hydroxyl groups is 1. The van der Waals surface area contributed by atoms with Crippen molar-refractivity contribution in [3.05, 3.63) is 29.8 Å². The first-order valence-electron chi connectivity index (χ1n) is 6.66. The van der Waals surface area contributed by atoms with Gasteiger partial charge < -0.3 is 15.2 Å². The molecule has 0 radical (unpaired) electrons. The molecule has 3 nitrogen and oxygen atoms in total. The fourth-order valence-electron chi connectivity index (χ4n) is 1.93. The van der Waals surface area contributed by atoms with Crippen LogP contribution in [0.15, 0.2) is 24.3 Å². The van der Waals surface area contributed by atoms with Crippen molar-refractivity contribution in [2.24, 2.45) is 0 Å². The van der Waals surface area contributed by atoms with Crippen LogP contribution in [0.25, 0.3) is 0 Å². The first-order chi connectivity index (χ1) is 8.61. The summed E-state index contributed by atoms with van der Waals surface area (Å²) < 4.78 is 5.14. The standard InChI is InChI=1S/C15H25NO2/c1-12(16-10-4-5-13(2)17)11-14-6-8-15(18-3)9-7-14/h6-9,12-13,16-17H,4-5,10-11H2,1-3H3. The van der Waals surface area contributed by atoms with Crippen LogP contribution in [0.4, 0.5) is 0 Å². The lowest BCUT2D eigenvalue weighted by molar-refractivity contribution is 0.181. The maximum atomic E-state index is 9.16. The highest BCUT2D eigenvalue weighted by atomic mass is 16.5. The molecule has 1 aromatic carbocycles. The van der Waals surface area contributed by atoms with E-state index in [0.29, 0.717) is 6.04 Å². The van der Waals surface area contributed by atoms with Crippen LogP contribution in [0.5, 0.6) is 5.75 Å². The van der Waals surface area contributed by atoms with Gasteiger partial charge in [0, 0.05) is 6.04 Å². The summed E-state index contributed by atoms with van der Waals surface area (Å²) in [6.45, 7) is 4.98. The second-order valence-corrected chi connectivity index (χ2v) is 4.90. The van der Waals surface area contributed by atoms with E-state index < -0.39 is 0 Å². The molecule has 2 atom stereocenters. The van der Waals surface area contributed by atoms with Gasteiger partial charge in [-0.25, -0.2) is 0 Å². The van der Waals surface area contributed by atoms with Crippen LogP contribution in [0, 0.1) is 0 Å². The lowest BCUT2D eigenvalue weighted by Crippen LogP contribution is -2.29. The van der Waals surface area contributed by atoms with Gasteiger partial charge in [-0.3, -0.25) is 0 Å². The fourth-order valence-corrected chi connectivity index (χ4v) is 1.93. The van der Waals surface area contributed by atoms with Crippen LogP contribution in [-0.2, 0) is 6.42 Å². The largest absolute Gasteiger partial charge is 0.497 e. The summed E-state index contributed by atoms with van der Waals surface area (Å²) in [4.78, 5) is 0. The summed E-state index contributed by atoms with van der Waals surface area (Å²) in [6, 6.07) is 8.65. The molecule has 102 valence electrons. The van der Waals surface area contributed by atoms with Gasteiger partial charge in [0.1, 0.15) is 5.75 Å².